The van der Waals surface area contributed by atoms with Crippen LogP contribution in [0.5, 0.6) is 5.75 Å². The summed E-state index contributed by atoms with van der Waals surface area (Å²) in [6, 6.07) is 11.3. The molecule has 0 fully saturated rings. The van der Waals surface area contributed by atoms with Gasteiger partial charge in [-0.25, -0.2) is 0 Å². The molecule has 0 radical (unpaired) electrons. The summed E-state index contributed by atoms with van der Waals surface area (Å²) < 4.78 is 5.61. The van der Waals surface area contributed by atoms with E-state index in [2.05, 4.69) is 40.8 Å². The summed E-state index contributed by atoms with van der Waals surface area (Å²) in [7, 11) is 0. The molecule has 0 bridgehead atoms. The number of nitrogens with one attached hydrogen (secondary N) is 1. The largest absolute Gasteiger partial charge is 0.489 e. The average Bonchev–Trinajstić information content (AvgIpc) is 2.61. The Hall–Kier alpha value is -2.95. The summed E-state index contributed by atoms with van der Waals surface area (Å²) >= 11 is 0. The first-order valence-corrected chi connectivity index (χ1v) is 7.38. The molecule has 0 spiro atoms. The van der Waals surface area contributed by atoms with E-state index in [0.29, 0.717) is 18.0 Å². The topological polar surface area (TPSA) is 58.9 Å². The molecule has 1 aromatic heterocycles. The number of benzene rings is 1. The van der Waals surface area contributed by atoms with Crippen LogP contribution in [0.4, 0.5) is 5.69 Å². The van der Waals surface area contributed by atoms with Crippen LogP contribution in [-0.4, -0.2) is 11.6 Å². The quantitative estimate of drug-likeness (QED) is 0.438. The lowest BCUT2D eigenvalue weighted by Crippen LogP contribution is -1.98. The minimum absolute atomic E-state index is 0.489. The zero-order valence-electron chi connectivity index (χ0n) is 13.2. The molecule has 0 unspecified atom stereocenters. The Labute approximate surface area is 136 Å². The summed E-state index contributed by atoms with van der Waals surface area (Å²) in [5.41, 5.74) is 6.02. The lowest BCUT2D eigenvalue weighted by atomic mass is 10.1. The van der Waals surface area contributed by atoms with E-state index in [0.717, 1.165) is 23.4 Å². The van der Waals surface area contributed by atoms with Crippen LogP contribution in [0, 0.1) is 0 Å². The molecule has 0 aliphatic heterocycles. The SMILES string of the molecule is C=CCOc1ccc(NN=NC(=C)c2ccccn2)cc1CC. The number of pyridine rings is 1. The summed E-state index contributed by atoms with van der Waals surface area (Å²) in [6.07, 6.45) is 4.28. The van der Waals surface area contributed by atoms with Crippen molar-refractivity contribution in [1.82, 2.24) is 4.98 Å². The number of hydrogen-bond donors (Lipinski definition) is 1. The van der Waals surface area contributed by atoms with Gasteiger partial charge in [-0.1, -0.05) is 37.4 Å². The van der Waals surface area contributed by atoms with Crippen LogP contribution in [0.2, 0.25) is 0 Å². The van der Waals surface area contributed by atoms with Crippen LogP contribution in [-0.2, 0) is 6.42 Å². The van der Waals surface area contributed by atoms with E-state index in [9.17, 15) is 0 Å². The molecule has 118 valence electrons. The summed E-state index contributed by atoms with van der Waals surface area (Å²) in [6.45, 7) is 10.1. The normalized spacial score (nSPS) is 10.5. The van der Waals surface area contributed by atoms with Crippen LogP contribution in [0.25, 0.3) is 5.70 Å². The molecule has 5 nitrogen and oxygen atoms in total. The fourth-order valence-corrected chi connectivity index (χ4v) is 1.94. The van der Waals surface area contributed by atoms with Crippen molar-refractivity contribution in [1.29, 1.82) is 0 Å². The van der Waals surface area contributed by atoms with Crippen LogP contribution in [0.15, 0.2) is 72.2 Å². The van der Waals surface area contributed by atoms with E-state index < -0.39 is 0 Å². The highest BCUT2D eigenvalue weighted by atomic mass is 16.5. The maximum absolute atomic E-state index is 5.61. The lowest BCUT2D eigenvalue weighted by Gasteiger charge is -2.10. The third-order valence-corrected chi connectivity index (χ3v) is 3.11. The molecule has 1 heterocycles. The van der Waals surface area contributed by atoms with Gasteiger partial charge in [-0.05, 0) is 42.3 Å². The van der Waals surface area contributed by atoms with Crippen LogP contribution in [0.3, 0.4) is 0 Å². The van der Waals surface area contributed by atoms with Gasteiger partial charge in [-0.3, -0.25) is 10.4 Å². The molecule has 1 N–H and O–H groups in total. The fourth-order valence-electron chi connectivity index (χ4n) is 1.94. The maximum Gasteiger partial charge on any atom is 0.123 e. The highest BCUT2D eigenvalue weighted by Crippen LogP contribution is 2.23. The predicted molar refractivity (Wildman–Crippen MR) is 93.3 cm³/mol. The van der Waals surface area contributed by atoms with E-state index in [1.807, 2.05) is 36.4 Å². The molecular weight excluding hydrogens is 288 g/mol. The molecule has 5 heteroatoms. The van der Waals surface area contributed by atoms with E-state index in [1.54, 1.807) is 12.3 Å². The Balaban J connectivity index is 2.01. The first kappa shape index (κ1) is 16.4. The predicted octanol–water partition coefficient (Wildman–Crippen LogP) is 4.66. The van der Waals surface area contributed by atoms with Gasteiger partial charge >= 0.3 is 0 Å². The molecular formula is C18H20N4O. The van der Waals surface area contributed by atoms with Crippen molar-refractivity contribution >= 4 is 11.4 Å². The van der Waals surface area contributed by atoms with E-state index in [4.69, 9.17) is 4.74 Å². The molecule has 0 aliphatic carbocycles. The van der Waals surface area contributed by atoms with Crippen LogP contribution >= 0.6 is 0 Å². The molecule has 23 heavy (non-hydrogen) atoms. The highest BCUT2D eigenvalue weighted by Gasteiger charge is 2.03. The molecule has 0 atom stereocenters. The number of ether oxygens (including phenoxy) is 1. The fraction of sp³-hybridized carbons (Fsp3) is 0.167. The second-order valence-corrected chi connectivity index (χ2v) is 4.75. The standard InChI is InChI=1S/C18H20N4O/c1-4-12-23-18-10-9-16(13-15(18)5-2)21-22-20-14(3)17-8-6-7-11-19-17/h4,6-11,13H,1,3,5,12H2,2H3,(H,20,21). The minimum atomic E-state index is 0.489. The molecule has 0 aliphatic rings. The molecule has 0 saturated heterocycles. The van der Waals surface area contributed by atoms with Crippen molar-refractivity contribution in [2.24, 2.45) is 10.3 Å². The number of aryl methyl sites for hydroxylation is 1. The van der Waals surface area contributed by atoms with Gasteiger partial charge in [-0.2, -0.15) is 0 Å². The monoisotopic (exact) mass is 308 g/mol. The molecule has 2 rings (SSSR count). The Morgan fingerprint density at radius 2 is 2.22 bits per heavy atom. The van der Waals surface area contributed by atoms with Gasteiger partial charge in [0.15, 0.2) is 0 Å². The maximum atomic E-state index is 5.61. The minimum Gasteiger partial charge on any atom is -0.489 e. The number of aromatic nitrogens is 1. The molecule has 0 saturated carbocycles. The highest BCUT2D eigenvalue weighted by molar-refractivity contribution is 5.58. The second kappa shape index (κ2) is 8.48. The third-order valence-electron chi connectivity index (χ3n) is 3.11. The van der Waals surface area contributed by atoms with Gasteiger partial charge in [0.2, 0.25) is 0 Å². The Bertz CT molecular complexity index is 695. The summed E-state index contributed by atoms with van der Waals surface area (Å²) in [5, 5.41) is 7.99. The summed E-state index contributed by atoms with van der Waals surface area (Å²) in [5.74, 6) is 0.854. The van der Waals surface area contributed by atoms with E-state index in [-0.39, 0.29) is 0 Å². The van der Waals surface area contributed by atoms with Gasteiger partial charge in [-0.15, -0.1) is 5.11 Å². The Kier molecular flexibility index (Phi) is 6.06. The molecule has 0 amide bonds. The van der Waals surface area contributed by atoms with Gasteiger partial charge in [0.25, 0.3) is 0 Å². The number of anilines is 1. The first-order valence-electron chi connectivity index (χ1n) is 7.38. The first-order chi connectivity index (χ1) is 11.2. The van der Waals surface area contributed by atoms with Crippen molar-refractivity contribution in [3.05, 3.63) is 73.1 Å². The average molecular weight is 308 g/mol. The van der Waals surface area contributed by atoms with Crippen LogP contribution < -0.4 is 10.2 Å². The van der Waals surface area contributed by atoms with Crippen molar-refractivity contribution in [3.8, 4) is 5.75 Å². The van der Waals surface area contributed by atoms with Crippen LogP contribution in [0.1, 0.15) is 18.2 Å². The number of hydrogen-bond acceptors (Lipinski definition) is 4. The Morgan fingerprint density at radius 1 is 1.35 bits per heavy atom. The molecule has 1 aromatic carbocycles. The number of rotatable bonds is 8. The summed E-state index contributed by atoms with van der Waals surface area (Å²) in [4.78, 5) is 4.17. The molecule has 2 aromatic rings. The second-order valence-electron chi connectivity index (χ2n) is 4.75. The van der Waals surface area contributed by atoms with Crippen molar-refractivity contribution in [2.45, 2.75) is 13.3 Å². The Morgan fingerprint density at radius 3 is 2.91 bits per heavy atom. The lowest BCUT2D eigenvalue weighted by molar-refractivity contribution is 0.359. The zero-order chi connectivity index (χ0) is 16.5. The van der Waals surface area contributed by atoms with Gasteiger partial charge in [0, 0.05) is 6.20 Å². The smallest absolute Gasteiger partial charge is 0.123 e. The van der Waals surface area contributed by atoms with Crippen molar-refractivity contribution in [2.75, 3.05) is 12.0 Å². The third kappa shape index (κ3) is 4.78. The van der Waals surface area contributed by atoms with E-state index >= 15 is 0 Å². The van der Waals surface area contributed by atoms with Gasteiger partial charge < -0.3 is 4.74 Å². The van der Waals surface area contributed by atoms with E-state index in [1.165, 1.54) is 0 Å². The number of nitrogens with zero attached hydrogens (tertiary/aromatic N) is 3. The van der Waals surface area contributed by atoms with Crippen molar-refractivity contribution < 1.29 is 4.74 Å². The van der Waals surface area contributed by atoms with Gasteiger partial charge in [0.1, 0.15) is 18.1 Å². The van der Waals surface area contributed by atoms with Gasteiger partial charge in [0.05, 0.1) is 11.4 Å². The zero-order valence-corrected chi connectivity index (χ0v) is 13.2. The van der Waals surface area contributed by atoms with Crippen molar-refractivity contribution in [3.63, 3.8) is 0 Å².